The normalized spacial score (nSPS) is 23.5. The van der Waals surface area contributed by atoms with Gasteiger partial charge < -0.3 is 14.7 Å². The summed E-state index contributed by atoms with van der Waals surface area (Å²) in [5.41, 5.74) is -0.825. The minimum atomic E-state index is -4.43. The zero-order valence-electron chi connectivity index (χ0n) is 16.1. The third-order valence-electron chi connectivity index (χ3n) is 5.87. The quantitative estimate of drug-likeness (QED) is 0.815. The van der Waals surface area contributed by atoms with Crippen molar-refractivity contribution in [3.05, 3.63) is 47.3 Å². The number of carbonyl (C=O) groups excluding carboxylic acids is 1. The number of carboxylic acid groups (broad SMARTS) is 1. The molecule has 0 bridgehead atoms. The number of hydrogen-bond acceptors (Lipinski definition) is 4. The number of likely N-dealkylation sites (tertiary alicyclic amines) is 1. The molecule has 3 atom stereocenters. The van der Waals surface area contributed by atoms with Gasteiger partial charge in [0.2, 0.25) is 0 Å². The fourth-order valence-electron chi connectivity index (χ4n) is 4.42. The van der Waals surface area contributed by atoms with Crippen molar-refractivity contribution in [1.82, 2.24) is 14.7 Å². The summed E-state index contributed by atoms with van der Waals surface area (Å²) in [6.07, 6.45) is -2.03. The molecule has 1 saturated carbocycles. The van der Waals surface area contributed by atoms with Crippen LogP contribution in [-0.4, -0.2) is 51.0 Å². The predicted molar refractivity (Wildman–Crippen MR) is 98.4 cm³/mol. The Kier molecular flexibility index (Phi) is 4.95. The van der Waals surface area contributed by atoms with Crippen molar-refractivity contribution in [2.24, 2.45) is 11.8 Å². The van der Waals surface area contributed by atoms with Crippen LogP contribution >= 0.6 is 0 Å². The van der Waals surface area contributed by atoms with Crippen LogP contribution < -0.4 is 4.74 Å². The molecule has 1 aliphatic heterocycles. The fourth-order valence-corrected chi connectivity index (χ4v) is 4.42. The van der Waals surface area contributed by atoms with Crippen LogP contribution in [0.3, 0.4) is 0 Å². The van der Waals surface area contributed by atoms with Crippen molar-refractivity contribution < 1.29 is 32.6 Å². The van der Waals surface area contributed by atoms with Crippen LogP contribution in [0.15, 0.2) is 30.5 Å². The summed E-state index contributed by atoms with van der Waals surface area (Å²) in [5.74, 6) is -0.607. The maximum Gasteiger partial charge on any atom is 0.416 e. The SMILES string of the molecule is Cc1c(O[C@H]2C[C@@H]3CN(C(=O)n4ccc(C(=O)O)n4)C[C@@H]3C2)cccc1C(F)(F)F. The molecule has 4 rings (SSSR count). The van der Waals surface area contributed by atoms with Gasteiger partial charge in [-0.2, -0.15) is 23.0 Å². The zero-order valence-corrected chi connectivity index (χ0v) is 16.1. The second-order valence-electron chi connectivity index (χ2n) is 7.80. The minimum Gasteiger partial charge on any atom is -0.490 e. The van der Waals surface area contributed by atoms with Crippen LogP contribution in [0.4, 0.5) is 18.0 Å². The van der Waals surface area contributed by atoms with Gasteiger partial charge in [-0.25, -0.2) is 9.59 Å². The molecule has 1 N–H and O–H groups in total. The van der Waals surface area contributed by atoms with Crippen LogP contribution in [0.2, 0.25) is 0 Å². The summed E-state index contributed by atoms with van der Waals surface area (Å²) in [7, 11) is 0. The van der Waals surface area contributed by atoms with E-state index in [-0.39, 0.29) is 41.0 Å². The standard InChI is InChI=1S/C20H20F3N3O4/c1-11-15(20(21,22)23)3-2-4-17(11)30-14-7-12-9-25(10-13(12)8-14)19(29)26-6-5-16(24-26)18(27)28/h2-6,12-14H,7-10H2,1H3,(H,27,28)/t12-,13+,14+. The number of rotatable bonds is 3. The van der Waals surface area contributed by atoms with E-state index in [2.05, 4.69) is 5.10 Å². The molecule has 160 valence electrons. The maximum absolute atomic E-state index is 13.1. The molecule has 0 spiro atoms. The number of carbonyl (C=O) groups is 2. The molecule has 10 heteroatoms. The van der Waals surface area contributed by atoms with E-state index in [1.165, 1.54) is 25.3 Å². The van der Waals surface area contributed by atoms with Gasteiger partial charge in [-0.3, -0.25) is 0 Å². The highest BCUT2D eigenvalue weighted by Gasteiger charge is 2.44. The number of benzene rings is 1. The molecular formula is C20H20F3N3O4. The lowest BCUT2D eigenvalue weighted by atomic mass is 10.0. The fraction of sp³-hybridized carbons (Fsp3) is 0.450. The Bertz CT molecular complexity index is 974. The average molecular weight is 423 g/mol. The summed E-state index contributed by atoms with van der Waals surface area (Å²) in [5, 5.41) is 12.7. The Balaban J connectivity index is 1.38. The highest BCUT2D eigenvalue weighted by molar-refractivity contribution is 5.86. The van der Waals surface area contributed by atoms with E-state index >= 15 is 0 Å². The molecule has 2 aliphatic rings. The Hall–Kier alpha value is -3.04. The van der Waals surface area contributed by atoms with Gasteiger partial charge in [0.25, 0.3) is 0 Å². The van der Waals surface area contributed by atoms with Crippen LogP contribution in [-0.2, 0) is 6.18 Å². The van der Waals surface area contributed by atoms with E-state index in [1.54, 1.807) is 11.0 Å². The molecular weight excluding hydrogens is 403 g/mol. The van der Waals surface area contributed by atoms with E-state index < -0.39 is 17.7 Å². The van der Waals surface area contributed by atoms with Crippen LogP contribution in [0, 0.1) is 18.8 Å². The third kappa shape index (κ3) is 3.73. The molecule has 1 aliphatic carbocycles. The Morgan fingerprint density at radius 3 is 2.40 bits per heavy atom. The minimum absolute atomic E-state index is 0.0757. The number of aromatic nitrogens is 2. The molecule has 1 aromatic carbocycles. The van der Waals surface area contributed by atoms with Gasteiger partial charge in [0.1, 0.15) is 5.75 Å². The first kappa shape index (κ1) is 20.2. The zero-order chi connectivity index (χ0) is 21.6. The van der Waals surface area contributed by atoms with Crippen molar-refractivity contribution >= 4 is 12.0 Å². The van der Waals surface area contributed by atoms with Gasteiger partial charge >= 0.3 is 18.2 Å². The number of alkyl halides is 3. The highest BCUT2D eigenvalue weighted by Crippen LogP contribution is 2.41. The number of halogens is 3. The number of fused-ring (bicyclic) bond motifs is 1. The first-order valence-electron chi connectivity index (χ1n) is 9.55. The summed E-state index contributed by atoms with van der Waals surface area (Å²) in [6, 6.07) is 4.81. The Morgan fingerprint density at radius 2 is 1.83 bits per heavy atom. The molecule has 2 fully saturated rings. The van der Waals surface area contributed by atoms with Crippen molar-refractivity contribution in [1.29, 1.82) is 0 Å². The van der Waals surface area contributed by atoms with Gasteiger partial charge in [-0.05, 0) is 49.8 Å². The smallest absolute Gasteiger partial charge is 0.416 e. The van der Waals surface area contributed by atoms with Crippen molar-refractivity contribution in [3.8, 4) is 5.75 Å². The first-order valence-corrected chi connectivity index (χ1v) is 9.55. The largest absolute Gasteiger partial charge is 0.490 e. The lowest BCUT2D eigenvalue weighted by Gasteiger charge is -2.21. The van der Waals surface area contributed by atoms with Crippen molar-refractivity contribution in [3.63, 3.8) is 0 Å². The van der Waals surface area contributed by atoms with Gasteiger partial charge in [0.05, 0.1) is 11.7 Å². The van der Waals surface area contributed by atoms with Gasteiger partial charge in [-0.1, -0.05) is 6.07 Å². The maximum atomic E-state index is 13.1. The van der Waals surface area contributed by atoms with Crippen LogP contribution in [0.25, 0.3) is 0 Å². The van der Waals surface area contributed by atoms with E-state index in [4.69, 9.17) is 9.84 Å². The lowest BCUT2D eigenvalue weighted by Crippen LogP contribution is -2.34. The molecule has 1 amide bonds. The Morgan fingerprint density at radius 1 is 1.17 bits per heavy atom. The molecule has 2 aromatic rings. The summed E-state index contributed by atoms with van der Waals surface area (Å²) >= 11 is 0. The van der Waals surface area contributed by atoms with E-state index in [0.717, 1.165) is 10.7 Å². The highest BCUT2D eigenvalue weighted by atomic mass is 19.4. The molecule has 1 saturated heterocycles. The summed E-state index contributed by atoms with van der Waals surface area (Å²) in [4.78, 5) is 25.1. The van der Waals surface area contributed by atoms with Crippen molar-refractivity contribution in [2.75, 3.05) is 13.1 Å². The molecule has 0 unspecified atom stereocenters. The number of hydrogen-bond donors (Lipinski definition) is 1. The van der Waals surface area contributed by atoms with E-state index in [0.29, 0.717) is 25.9 Å². The second kappa shape index (κ2) is 7.33. The monoisotopic (exact) mass is 423 g/mol. The topological polar surface area (TPSA) is 84.7 Å². The molecule has 1 aromatic heterocycles. The molecule has 30 heavy (non-hydrogen) atoms. The lowest BCUT2D eigenvalue weighted by molar-refractivity contribution is -0.138. The third-order valence-corrected chi connectivity index (χ3v) is 5.87. The number of aromatic carboxylic acids is 1. The molecule has 2 heterocycles. The number of nitrogens with zero attached hydrogens (tertiary/aromatic N) is 3. The number of amides is 1. The number of ether oxygens (including phenoxy) is 1. The summed E-state index contributed by atoms with van der Waals surface area (Å²) in [6.45, 7) is 2.37. The number of carboxylic acids is 1. The van der Waals surface area contributed by atoms with Crippen LogP contribution in [0.1, 0.15) is 34.5 Å². The predicted octanol–water partition coefficient (Wildman–Crippen LogP) is 3.67. The van der Waals surface area contributed by atoms with Gasteiger partial charge in [0, 0.05) is 24.8 Å². The van der Waals surface area contributed by atoms with E-state index in [9.17, 15) is 22.8 Å². The average Bonchev–Trinajstić information content (AvgIpc) is 3.36. The van der Waals surface area contributed by atoms with Gasteiger partial charge in [0.15, 0.2) is 5.69 Å². The van der Waals surface area contributed by atoms with Crippen molar-refractivity contribution in [2.45, 2.75) is 32.0 Å². The Labute approximate surface area is 170 Å². The molecule has 7 nitrogen and oxygen atoms in total. The first-order chi connectivity index (χ1) is 14.1. The second-order valence-corrected chi connectivity index (χ2v) is 7.80. The van der Waals surface area contributed by atoms with Crippen LogP contribution in [0.5, 0.6) is 5.75 Å². The van der Waals surface area contributed by atoms with Gasteiger partial charge in [-0.15, -0.1) is 0 Å². The van der Waals surface area contributed by atoms with E-state index in [1.807, 2.05) is 0 Å². The molecule has 0 radical (unpaired) electrons. The summed E-state index contributed by atoms with van der Waals surface area (Å²) < 4.78 is 46.2.